The van der Waals surface area contributed by atoms with Gasteiger partial charge in [0.25, 0.3) is 11.8 Å². The van der Waals surface area contributed by atoms with Gasteiger partial charge >= 0.3 is 0 Å². The van der Waals surface area contributed by atoms with Crippen LogP contribution in [0.3, 0.4) is 0 Å². The molecule has 1 saturated heterocycles. The molecule has 1 aliphatic heterocycles. The molecule has 0 atom stereocenters. The van der Waals surface area contributed by atoms with Gasteiger partial charge in [0.05, 0.1) is 6.26 Å². The smallest absolute Gasteiger partial charge is 0.289 e. The quantitative estimate of drug-likeness (QED) is 0.527. The summed E-state index contributed by atoms with van der Waals surface area (Å²) >= 11 is 0. The van der Waals surface area contributed by atoms with E-state index in [0.717, 1.165) is 16.9 Å². The summed E-state index contributed by atoms with van der Waals surface area (Å²) in [5.74, 6) is 0.143. The Morgan fingerprint density at radius 3 is 2.27 bits per heavy atom. The minimum Gasteiger partial charge on any atom is -0.459 e. The van der Waals surface area contributed by atoms with Crippen LogP contribution in [0.25, 0.3) is 16.9 Å². The third-order valence-corrected chi connectivity index (χ3v) is 5.29. The Hall–Kier alpha value is -3.94. The summed E-state index contributed by atoms with van der Waals surface area (Å²) < 4.78 is 7.07. The van der Waals surface area contributed by atoms with E-state index in [-0.39, 0.29) is 11.8 Å². The zero-order valence-electron chi connectivity index (χ0n) is 16.1. The van der Waals surface area contributed by atoms with Gasteiger partial charge in [-0.25, -0.2) is 9.97 Å². The molecule has 0 spiro atoms. The van der Waals surface area contributed by atoms with Crippen molar-refractivity contribution in [1.82, 2.24) is 24.3 Å². The molecule has 0 saturated carbocycles. The molecule has 150 valence electrons. The standard InChI is InChI=1S/C22H19N5O3/c28-21(25-10-12-26(13-11-25)22(29)19-4-2-14-30-19)16-5-7-17(8-6-16)27-15-24-18-3-1-9-23-20(18)27/h1-9,14-15H,10-13H2. The van der Waals surface area contributed by atoms with Crippen LogP contribution in [-0.2, 0) is 0 Å². The lowest BCUT2D eigenvalue weighted by molar-refractivity contribution is 0.0518. The molecule has 2 amide bonds. The van der Waals surface area contributed by atoms with Crippen LogP contribution in [0.4, 0.5) is 0 Å². The molecule has 0 unspecified atom stereocenters. The van der Waals surface area contributed by atoms with Crippen LogP contribution in [-0.4, -0.2) is 62.3 Å². The van der Waals surface area contributed by atoms with E-state index in [1.807, 2.05) is 41.0 Å². The highest BCUT2D eigenvalue weighted by molar-refractivity contribution is 5.95. The molecule has 0 radical (unpaired) electrons. The fourth-order valence-electron chi connectivity index (χ4n) is 3.65. The second-order valence-electron chi connectivity index (χ2n) is 7.07. The van der Waals surface area contributed by atoms with Crippen molar-refractivity contribution in [2.45, 2.75) is 0 Å². The number of carbonyl (C=O) groups excluding carboxylic acids is 2. The number of hydrogen-bond donors (Lipinski definition) is 0. The fraction of sp³-hybridized carbons (Fsp3) is 0.182. The number of benzene rings is 1. The first-order valence-corrected chi connectivity index (χ1v) is 9.71. The van der Waals surface area contributed by atoms with Crippen molar-refractivity contribution in [3.05, 3.63) is 78.6 Å². The number of pyridine rings is 1. The lowest BCUT2D eigenvalue weighted by Crippen LogP contribution is -2.50. The number of amides is 2. The number of hydrogen-bond acceptors (Lipinski definition) is 5. The van der Waals surface area contributed by atoms with Gasteiger partial charge in [0.15, 0.2) is 11.4 Å². The molecule has 1 fully saturated rings. The molecular formula is C22H19N5O3. The first kappa shape index (κ1) is 18.1. The van der Waals surface area contributed by atoms with Crippen LogP contribution in [0.15, 0.2) is 71.7 Å². The number of furan rings is 1. The van der Waals surface area contributed by atoms with Gasteiger partial charge in [-0.3, -0.25) is 14.2 Å². The van der Waals surface area contributed by atoms with Crippen LogP contribution < -0.4 is 0 Å². The Kier molecular flexibility index (Phi) is 4.51. The van der Waals surface area contributed by atoms with Crippen molar-refractivity contribution in [3.63, 3.8) is 0 Å². The van der Waals surface area contributed by atoms with Gasteiger partial charge in [-0.1, -0.05) is 0 Å². The van der Waals surface area contributed by atoms with Gasteiger partial charge in [0.1, 0.15) is 11.8 Å². The molecule has 3 aromatic heterocycles. The van der Waals surface area contributed by atoms with E-state index in [1.54, 1.807) is 34.5 Å². The van der Waals surface area contributed by atoms with Crippen LogP contribution in [0.1, 0.15) is 20.9 Å². The van der Waals surface area contributed by atoms with Crippen LogP contribution in [0.5, 0.6) is 0 Å². The summed E-state index contributed by atoms with van der Waals surface area (Å²) in [4.78, 5) is 37.5. The minimum absolute atomic E-state index is 0.0414. The van der Waals surface area contributed by atoms with E-state index in [0.29, 0.717) is 37.5 Å². The van der Waals surface area contributed by atoms with E-state index in [1.165, 1.54) is 6.26 Å². The third-order valence-electron chi connectivity index (χ3n) is 5.29. The van der Waals surface area contributed by atoms with Gasteiger partial charge in [-0.2, -0.15) is 0 Å². The predicted molar refractivity (Wildman–Crippen MR) is 109 cm³/mol. The molecular weight excluding hydrogens is 382 g/mol. The summed E-state index contributed by atoms with van der Waals surface area (Å²) in [5, 5.41) is 0. The zero-order valence-corrected chi connectivity index (χ0v) is 16.1. The summed E-state index contributed by atoms with van der Waals surface area (Å²) in [6.07, 6.45) is 4.94. The number of imidazole rings is 1. The van der Waals surface area contributed by atoms with Gasteiger partial charge in [-0.05, 0) is 48.5 Å². The second kappa shape index (κ2) is 7.47. The molecule has 1 aliphatic rings. The van der Waals surface area contributed by atoms with Crippen LogP contribution in [0, 0.1) is 0 Å². The molecule has 4 aromatic rings. The molecule has 1 aromatic carbocycles. The Morgan fingerprint density at radius 2 is 1.57 bits per heavy atom. The van der Waals surface area contributed by atoms with Gasteiger partial charge in [-0.15, -0.1) is 0 Å². The average molecular weight is 401 g/mol. The van der Waals surface area contributed by atoms with E-state index >= 15 is 0 Å². The highest BCUT2D eigenvalue weighted by Gasteiger charge is 2.26. The van der Waals surface area contributed by atoms with Gasteiger partial charge in [0, 0.05) is 43.6 Å². The first-order chi connectivity index (χ1) is 14.7. The number of carbonyl (C=O) groups is 2. The van der Waals surface area contributed by atoms with Gasteiger partial charge in [0.2, 0.25) is 0 Å². The molecule has 5 rings (SSSR count). The van der Waals surface area contributed by atoms with E-state index in [9.17, 15) is 9.59 Å². The largest absolute Gasteiger partial charge is 0.459 e. The predicted octanol–water partition coefficient (Wildman–Crippen LogP) is 2.61. The molecule has 4 heterocycles. The number of piperazine rings is 1. The minimum atomic E-state index is -0.141. The molecule has 8 nitrogen and oxygen atoms in total. The highest BCUT2D eigenvalue weighted by atomic mass is 16.3. The van der Waals surface area contributed by atoms with E-state index in [2.05, 4.69) is 9.97 Å². The molecule has 0 bridgehead atoms. The molecule has 0 aliphatic carbocycles. The lowest BCUT2D eigenvalue weighted by Gasteiger charge is -2.34. The summed E-state index contributed by atoms with van der Waals surface area (Å²) in [6.45, 7) is 1.94. The summed E-state index contributed by atoms with van der Waals surface area (Å²) in [7, 11) is 0. The topological polar surface area (TPSA) is 84.5 Å². The maximum Gasteiger partial charge on any atom is 0.289 e. The normalized spacial score (nSPS) is 14.3. The zero-order chi connectivity index (χ0) is 20.5. The van der Waals surface area contributed by atoms with Crippen molar-refractivity contribution in [3.8, 4) is 5.69 Å². The van der Waals surface area contributed by atoms with Gasteiger partial charge < -0.3 is 14.2 Å². The van der Waals surface area contributed by atoms with Crippen molar-refractivity contribution in [2.24, 2.45) is 0 Å². The van der Waals surface area contributed by atoms with E-state index < -0.39 is 0 Å². The Bertz CT molecular complexity index is 1190. The van der Waals surface area contributed by atoms with E-state index in [4.69, 9.17) is 4.42 Å². The number of nitrogens with zero attached hydrogens (tertiary/aromatic N) is 5. The summed E-state index contributed by atoms with van der Waals surface area (Å²) in [6, 6.07) is 14.5. The fourth-order valence-corrected chi connectivity index (χ4v) is 3.65. The first-order valence-electron chi connectivity index (χ1n) is 9.71. The summed E-state index contributed by atoms with van der Waals surface area (Å²) in [5.41, 5.74) is 3.09. The third kappa shape index (κ3) is 3.22. The average Bonchev–Trinajstić information content (AvgIpc) is 3.49. The maximum absolute atomic E-state index is 12.9. The Morgan fingerprint density at radius 1 is 0.833 bits per heavy atom. The lowest BCUT2D eigenvalue weighted by atomic mass is 10.1. The Labute approximate surface area is 172 Å². The maximum atomic E-state index is 12.9. The SMILES string of the molecule is O=C(c1ccc(-n2cnc3cccnc32)cc1)N1CCN(C(=O)c2ccco2)CC1. The molecule has 8 heteroatoms. The van der Waals surface area contributed by atoms with Crippen molar-refractivity contribution in [1.29, 1.82) is 0 Å². The number of fused-ring (bicyclic) bond motifs is 1. The molecule has 0 N–H and O–H groups in total. The monoisotopic (exact) mass is 401 g/mol. The molecule has 30 heavy (non-hydrogen) atoms. The highest BCUT2D eigenvalue weighted by Crippen LogP contribution is 2.18. The second-order valence-corrected chi connectivity index (χ2v) is 7.07. The van der Waals surface area contributed by atoms with Crippen LogP contribution >= 0.6 is 0 Å². The number of rotatable bonds is 3. The number of aromatic nitrogens is 3. The van der Waals surface area contributed by atoms with Crippen molar-refractivity contribution >= 4 is 23.0 Å². The van der Waals surface area contributed by atoms with Crippen LogP contribution in [0.2, 0.25) is 0 Å². The van der Waals surface area contributed by atoms with Crippen molar-refractivity contribution in [2.75, 3.05) is 26.2 Å². The Balaban J connectivity index is 1.26. The van der Waals surface area contributed by atoms with Crippen molar-refractivity contribution < 1.29 is 14.0 Å².